The van der Waals surface area contributed by atoms with Gasteiger partial charge >= 0.3 is 148 Å². The molecule has 4 heterocycles. The fourth-order valence-electron chi connectivity index (χ4n) is 8.99. The van der Waals surface area contributed by atoms with Crippen LogP contribution in [0.3, 0.4) is 0 Å². The SMILES string of the molecule is CC(c1ccccc1)c1cc(-c2[c-]cccc2)nc[c]1[Ge]([CH3])([CH3])[CH3].Cc1ccc2c(n1)oc1c(-c3nc4ccccc4n3-c3c(C(C)C)cc(-c4ccccc4)cc3C(C)C)[c-]ccc12.[Ir]. The molecular formula is C59H56GeIrN4O-2. The molecule has 0 aliphatic carbocycles. The van der Waals surface area contributed by atoms with Crippen LogP contribution >= 0.6 is 0 Å². The fraction of sp³-hybridized carbons (Fsp3) is 0.203. The number of aromatic nitrogens is 4. The van der Waals surface area contributed by atoms with E-state index in [9.17, 15) is 0 Å². The van der Waals surface area contributed by atoms with Crippen LogP contribution in [-0.4, -0.2) is 32.8 Å². The molecule has 7 heteroatoms. The number of hydrogen-bond donors (Lipinski definition) is 0. The quantitative estimate of drug-likeness (QED) is 0.107. The maximum atomic E-state index is 6.44. The van der Waals surface area contributed by atoms with Crippen LogP contribution in [0.25, 0.3) is 72.6 Å². The van der Waals surface area contributed by atoms with Gasteiger partial charge in [0.15, 0.2) is 0 Å². The zero-order valence-corrected chi connectivity index (χ0v) is 43.8. The number of benzene rings is 6. The second-order valence-corrected chi connectivity index (χ2v) is 29.3. The molecule has 5 nitrogen and oxygen atoms in total. The Bertz CT molecular complexity index is 3250. The summed E-state index contributed by atoms with van der Waals surface area (Å²) in [7, 11) is 0. The van der Waals surface area contributed by atoms with E-state index < -0.39 is 13.3 Å². The maximum absolute atomic E-state index is 6.44. The Morgan fingerprint density at radius 1 is 0.621 bits per heavy atom. The molecule has 0 bridgehead atoms. The Balaban J connectivity index is 0.000000203. The van der Waals surface area contributed by atoms with Crippen molar-refractivity contribution in [3.05, 3.63) is 198 Å². The summed E-state index contributed by atoms with van der Waals surface area (Å²) < 4.78 is 10.3. The van der Waals surface area contributed by atoms with Gasteiger partial charge in [0.25, 0.3) is 0 Å². The topological polar surface area (TPSA) is 56.7 Å². The minimum atomic E-state index is -2.01. The zero-order valence-electron chi connectivity index (χ0n) is 39.3. The number of fused-ring (bicyclic) bond motifs is 4. The van der Waals surface area contributed by atoms with E-state index in [-0.39, 0.29) is 20.1 Å². The van der Waals surface area contributed by atoms with Crippen molar-refractivity contribution in [2.75, 3.05) is 0 Å². The molecule has 66 heavy (non-hydrogen) atoms. The Hall–Kier alpha value is -5.92. The predicted molar refractivity (Wildman–Crippen MR) is 274 cm³/mol. The van der Waals surface area contributed by atoms with Crippen molar-refractivity contribution < 1.29 is 24.5 Å². The first-order valence-electron chi connectivity index (χ1n) is 22.8. The number of para-hydroxylation sites is 2. The first-order chi connectivity index (χ1) is 31.4. The van der Waals surface area contributed by atoms with Gasteiger partial charge in [-0.15, -0.1) is 18.2 Å². The summed E-state index contributed by atoms with van der Waals surface area (Å²) in [4.78, 5) is 14.7. The molecule has 333 valence electrons. The molecule has 10 aromatic rings. The largest absolute Gasteiger partial charge is 0.486 e. The average molecular weight is 1100 g/mol. The molecule has 10 rings (SSSR count). The van der Waals surface area contributed by atoms with Gasteiger partial charge in [-0.25, -0.2) is 4.98 Å². The molecule has 6 aromatic carbocycles. The number of rotatable bonds is 9. The smallest absolute Gasteiger partial charge is 0.216 e. The molecule has 0 fully saturated rings. The Kier molecular flexibility index (Phi) is 13.8. The third kappa shape index (κ3) is 9.24. The molecule has 1 atom stereocenters. The Morgan fingerprint density at radius 3 is 1.95 bits per heavy atom. The van der Waals surface area contributed by atoms with E-state index in [1.807, 2.05) is 43.3 Å². The van der Waals surface area contributed by atoms with Gasteiger partial charge in [0.2, 0.25) is 5.71 Å². The Morgan fingerprint density at radius 2 is 1.29 bits per heavy atom. The number of pyridine rings is 2. The minimum Gasteiger partial charge on any atom is -0.486 e. The van der Waals surface area contributed by atoms with Gasteiger partial charge in [0.1, 0.15) is 0 Å². The molecule has 0 amide bonds. The van der Waals surface area contributed by atoms with E-state index in [0.717, 1.165) is 55.7 Å². The minimum absolute atomic E-state index is 0. The summed E-state index contributed by atoms with van der Waals surface area (Å²) in [5.74, 6) is 9.09. The van der Waals surface area contributed by atoms with Gasteiger partial charge in [-0.1, -0.05) is 81.1 Å². The number of furan rings is 1. The van der Waals surface area contributed by atoms with E-state index in [1.165, 1.54) is 43.5 Å². The average Bonchev–Trinajstić information content (AvgIpc) is 3.89. The molecule has 0 aliphatic heterocycles. The molecule has 0 aliphatic rings. The van der Waals surface area contributed by atoms with Crippen molar-refractivity contribution in [3.63, 3.8) is 0 Å². The second-order valence-electron chi connectivity index (χ2n) is 18.8. The third-order valence-electron chi connectivity index (χ3n) is 12.5. The summed E-state index contributed by atoms with van der Waals surface area (Å²) in [5, 5.41) is 2.02. The van der Waals surface area contributed by atoms with E-state index in [4.69, 9.17) is 14.4 Å². The van der Waals surface area contributed by atoms with Gasteiger partial charge in [0, 0.05) is 36.9 Å². The fourth-order valence-corrected chi connectivity index (χ4v) is 12.4. The summed E-state index contributed by atoms with van der Waals surface area (Å²) in [5.41, 5.74) is 16.3. The predicted octanol–water partition coefficient (Wildman–Crippen LogP) is 15.3. The molecule has 4 aromatic heterocycles. The van der Waals surface area contributed by atoms with Gasteiger partial charge in [0.05, 0.1) is 22.4 Å². The van der Waals surface area contributed by atoms with Crippen molar-refractivity contribution in [1.29, 1.82) is 0 Å². The van der Waals surface area contributed by atoms with Crippen LogP contribution in [0.2, 0.25) is 17.3 Å². The van der Waals surface area contributed by atoms with Gasteiger partial charge < -0.3 is 8.98 Å². The van der Waals surface area contributed by atoms with E-state index in [1.54, 1.807) is 0 Å². The monoisotopic (exact) mass is 1100 g/mol. The first kappa shape index (κ1) is 46.6. The van der Waals surface area contributed by atoms with Crippen LogP contribution in [0, 0.1) is 19.1 Å². The van der Waals surface area contributed by atoms with Crippen molar-refractivity contribution in [2.45, 2.75) is 76.6 Å². The maximum Gasteiger partial charge on any atom is 0.216 e. The van der Waals surface area contributed by atoms with Crippen LogP contribution in [0.5, 0.6) is 0 Å². The number of imidazole rings is 1. The van der Waals surface area contributed by atoms with Gasteiger partial charge in [-0.05, 0) is 77.4 Å². The molecule has 1 unspecified atom stereocenters. The first-order valence-corrected chi connectivity index (χ1v) is 30.2. The molecule has 0 spiro atoms. The van der Waals surface area contributed by atoms with E-state index >= 15 is 0 Å². The molecular weight excluding hydrogens is 1050 g/mol. The van der Waals surface area contributed by atoms with Gasteiger partial charge in [-0.3, -0.25) is 4.98 Å². The molecule has 0 N–H and O–H groups in total. The number of hydrogen-bond acceptors (Lipinski definition) is 4. The van der Waals surface area contributed by atoms with Crippen LogP contribution in [0.15, 0.2) is 162 Å². The van der Waals surface area contributed by atoms with Gasteiger partial charge in [-0.2, -0.15) is 0 Å². The van der Waals surface area contributed by atoms with Crippen LogP contribution in [-0.2, 0) is 20.1 Å². The van der Waals surface area contributed by atoms with Crippen LogP contribution in [0.1, 0.15) is 80.3 Å². The van der Waals surface area contributed by atoms with Crippen LogP contribution in [0.4, 0.5) is 0 Å². The summed E-state index contributed by atoms with van der Waals surface area (Å²) >= 11 is -2.01. The zero-order chi connectivity index (χ0) is 45.4. The normalized spacial score (nSPS) is 12.1. The summed E-state index contributed by atoms with van der Waals surface area (Å²) in [6.45, 7) is 13.4. The summed E-state index contributed by atoms with van der Waals surface area (Å²) in [6, 6.07) is 59.8. The molecule has 0 saturated carbocycles. The molecule has 0 saturated heterocycles. The van der Waals surface area contributed by atoms with E-state index in [0.29, 0.717) is 23.5 Å². The molecule has 1 radical (unpaired) electrons. The van der Waals surface area contributed by atoms with Crippen molar-refractivity contribution in [3.8, 4) is 39.5 Å². The standard InChI is InChI=1S/C37H32N3O.C22H24GeN.Ir/c1-22(2)30-20-26(25-12-7-6-8-13-25)21-31(23(3)4)34(30)40-33-17-10-9-16-32(33)39-36(40)29-15-11-14-27-28-19-18-24(5)38-37(28)41-35(27)29;1-17(18-11-7-5-8-12-18)20-15-22(19-13-9-6-10-14-19)24-16-21(20)23(2,3)4;/h6-14,16-23H,1-5H3;5-13,15-17H,1-4H3;/q2*-1;. The van der Waals surface area contributed by atoms with E-state index in [2.05, 4.69) is 195 Å². The van der Waals surface area contributed by atoms with Crippen LogP contribution < -0.4 is 4.40 Å². The third-order valence-corrected chi connectivity index (χ3v) is 16.7. The summed E-state index contributed by atoms with van der Waals surface area (Å²) in [6.07, 6.45) is 2.13. The number of nitrogens with zero attached hydrogens (tertiary/aromatic N) is 4. The number of aryl methyl sites for hydroxylation is 1. The van der Waals surface area contributed by atoms with Crippen molar-refractivity contribution >= 4 is 50.8 Å². The second kappa shape index (κ2) is 19.5. The van der Waals surface area contributed by atoms with Crippen molar-refractivity contribution in [2.24, 2.45) is 0 Å². The Labute approximate surface area is 406 Å². The van der Waals surface area contributed by atoms with Crippen molar-refractivity contribution in [1.82, 2.24) is 19.5 Å².